The van der Waals surface area contributed by atoms with E-state index in [4.69, 9.17) is 4.42 Å². The number of aromatic carboxylic acids is 1. The number of carbonyl (C=O) groups excluding carboxylic acids is 1. The molecule has 0 atom stereocenters. The van der Waals surface area contributed by atoms with Crippen molar-refractivity contribution >= 4 is 17.7 Å². The fourth-order valence-corrected chi connectivity index (χ4v) is 3.27. The maximum atomic E-state index is 12.7. The molecule has 1 saturated heterocycles. The number of rotatable bonds is 5. The molecule has 1 fully saturated rings. The van der Waals surface area contributed by atoms with Crippen molar-refractivity contribution in [1.29, 1.82) is 0 Å². The van der Waals surface area contributed by atoms with E-state index in [2.05, 4.69) is 28.7 Å². The summed E-state index contributed by atoms with van der Waals surface area (Å²) in [5, 5.41) is 9.24. The van der Waals surface area contributed by atoms with Crippen LogP contribution < -0.4 is 4.90 Å². The standard InChI is InChI=1S/C20H26N4O4/c1-5-15-14(20(26)27)11-16(28-15)19(25)24-8-6-23(7-9-24)17-10-13(4)21-18(22-17)12(2)3/h10-12H,5-9H2,1-4H3,(H,26,27). The van der Waals surface area contributed by atoms with Gasteiger partial charge in [-0.2, -0.15) is 0 Å². The lowest BCUT2D eigenvalue weighted by Crippen LogP contribution is -2.49. The molecule has 1 aliphatic rings. The van der Waals surface area contributed by atoms with Crippen LogP contribution in [0.4, 0.5) is 5.82 Å². The molecule has 1 aliphatic heterocycles. The number of nitrogens with zero attached hydrogens (tertiary/aromatic N) is 4. The van der Waals surface area contributed by atoms with Gasteiger partial charge in [0.2, 0.25) is 0 Å². The molecule has 1 N–H and O–H groups in total. The summed E-state index contributed by atoms with van der Waals surface area (Å²) >= 11 is 0. The highest BCUT2D eigenvalue weighted by atomic mass is 16.4. The second kappa shape index (κ2) is 8.00. The average Bonchev–Trinajstić information content (AvgIpc) is 3.12. The second-order valence-electron chi connectivity index (χ2n) is 7.27. The molecule has 2 aromatic heterocycles. The molecular weight excluding hydrogens is 360 g/mol. The van der Waals surface area contributed by atoms with Crippen molar-refractivity contribution in [3.8, 4) is 0 Å². The van der Waals surface area contributed by atoms with E-state index in [1.54, 1.807) is 11.8 Å². The fraction of sp³-hybridized carbons (Fsp3) is 0.500. The van der Waals surface area contributed by atoms with Gasteiger partial charge in [-0.25, -0.2) is 14.8 Å². The summed E-state index contributed by atoms with van der Waals surface area (Å²) in [6, 6.07) is 3.29. The largest absolute Gasteiger partial charge is 0.478 e. The van der Waals surface area contributed by atoms with Gasteiger partial charge in [-0.15, -0.1) is 0 Å². The van der Waals surface area contributed by atoms with Gasteiger partial charge < -0.3 is 19.3 Å². The predicted octanol–water partition coefficient (Wildman–Crippen LogP) is 2.72. The zero-order chi connectivity index (χ0) is 20.4. The quantitative estimate of drug-likeness (QED) is 0.843. The second-order valence-corrected chi connectivity index (χ2v) is 7.27. The maximum Gasteiger partial charge on any atom is 0.339 e. The van der Waals surface area contributed by atoms with Crippen LogP contribution in [0.5, 0.6) is 0 Å². The molecule has 3 rings (SSSR count). The first-order chi connectivity index (χ1) is 13.3. The minimum absolute atomic E-state index is 0.0576. The normalized spacial score (nSPS) is 14.6. The van der Waals surface area contributed by atoms with Crippen LogP contribution in [-0.2, 0) is 6.42 Å². The molecule has 8 heteroatoms. The topological polar surface area (TPSA) is 99.8 Å². The van der Waals surface area contributed by atoms with Crippen molar-refractivity contribution in [2.45, 2.75) is 40.0 Å². The number of piperazine rings is 1. The van der Waals surface area contributed by atoms with E-state index in [-0.39, 0.29) is 23.1 Å². The monoisotopic (exact) mass is 386 g/mol. The highest BCUT2D eigenvalue weighted by Crippen LogP contribution is 2.21. The number of carboxylic acids is 1. The van der Waals surface area contributed by atoms with Gasteiger partial charge in [-0.3, -0.25) is 4.79 Å². The van der Waals surface area contributed by atoms with Crippen LogP contribution in [0.1, 0.15) is 64.9 Å². The van der Waals surface area contributed by atoms with Crippen LogP contribution in [0.25, 0.3) is 0 Å². The van der Waals surface area contributed by atoms with Crippen LogP contribution in [0.15, 0.2) is 16.5 Å². The van der Waals surface area contributed by atoms with Gasteiger partial charge in [0.05, 0.1) is 0 Å². The Bertz CT molecular complexity index is 882. The molecule has 0 aliphatic carbocycles. The summed E-state index contributed by atoms with van der Waals surface area (Å²) in [5.41, 5.74) is 0.984. The number of aromatic nitrogens is 2. The van der Waals surface area contributed by atoms with Crippen molar-refractivity contribution in [2.75, 3.05) is 31.1 Å². The minimum Gasteiger partial charge on any atom is -0.478 e. The first-order valence-electron chi connectivity index (χ1n) is 9.56. The predicted molar refractivity (Wildman–Crippen MR) is 104 cm³/mol. The number of carbonyl (C=O) groups is 2. The Kier molecular flexibility index (Phi) is 5.67. The summed E-state index contributed by atoms with van der Waals surface area (Å²) < 4.78 is 5.50. The maximum absolute atomic E-state index is 12.7. The van der Waals surface area contributed by atoms with E-state index < -0.39 is 5.97 Å². The smallest absolute Gasteiger partial charge is 0.339 e. The summed E-state index contributed by atoms with van der Waals surface area (Å²) in [4.78, 5) is 37.0. The fourth-order valence-electron chi connectivity index (χ4n) is 3.27. The van der Waals surface area contributed by atoms with Crippen LogP contribution in [-0.4, -0.2) is 58.0 Å². The number of hydrogen-bond donors (Lipinski definition) is 1. The van der Waals surface area contributed by atoms with Gasteiger partial charge in [0.1, 0.15) is 23.0 Å². The van der Waals surface area contributed by atoms with Crippen LogP contribution in [0.3, 0.4) is 0 Å². The van der Waals surface area contributed by atoms with E-state index in [0.29, 0.717) is 38.4 Å². The van der Waals surface area contributed by atoms with E-state index in [1.807, 2.05) is 13.0 Å². The SMILES string of the molecule is CCc1oc(C(=O)N2CCN(c3cc(C)nc(C(C)C)n3)CC2)cc1C(=O)O. The molecule has 150 valence electrons. The Labute approximate surface area is 164 Å². The lowest BCUT2D eigenvalue weighted by Gasteiger charge is -2.35. The molecule has 0 saturated carbocycles. The number of hydrogen-bond acceptors (Lipinski definition) is 6. The number of carboxylic acid groups (broad SMARTS) is 1. The molecule has 28 heavy (non-hydrogen) atoms. The average molecular weight is 386 g/mol. The lowest BCUT2D eigenvalue weighted by atomic mass is 10.2. The highest BCUT2D eigenvalue weighted by Gasteiger charge is 2.27. The molecule has 0 bridgehead atoms. The number of furan rings is 1. The summed E-state index contributed by atoms with van der Waals surface area (Å²) in [6.07, 6.45) is 0.425. The van der Waals surface area contributed by atoms with Gasteiger partial charge in [0.15, 0.2) is 5.76 Å². The molecule has 0 radical (unpaired) electrons. The first-order valence-corrected chi connectivity index (χ1v) is 9.56. The van der Waals surface area contributed by atoms with Gasteiger partial charge in [-0.05, 0) is 6.92 Å². The van der Waals surface area contributed by atoms with Crippen LogP contribution in [0.2, 0.25) is 0 Å². The Balaban J connectivity index is 1.70. The van der Waals surface area contributed by atoms with E-state index in [1.165, 1.54) is 6.07 Å². The third kappa shape index (κ3) is 4.00. The summed E-state index contributed by atoms with van der Waals surface area (Å²) in [5.74, 6) is 1.000. The Morgan fingerprint density at radius 2 is 1.86 bits per heavy atom. The van der Waals surface area contributed by atoms with E-state index >= 15 is 0 Å². The Morgan fingerprint density at radius 3 is 2.39 bits per heavy atom. The van der Waals surface area contributed by atoms with Gasteiger partial charge in [0, 0.05) is 56.3 Å². The lowest BCUT2D eigenvalue weighted by molar-refractivity contribution is 0.0690. The minimum atomic E-state index is -1.08. The third-order valence-corrected chi connectivity index (χ3v) is 4.84. The van der Waals surface area contributed by atoms with Crippen molar-refractivity contribution in [1.82, 2.24) is 14.9 Å². The zero-order valence-corrected chi connectivity index (χ0v) is 16.7. The summed E-state index contributed by atoms with van der Waals surface area (Å²) in [6.45, 7) is 10.2. The van der Waals surface area contributed by atoms with Crippen molar-refractivity contribution in [3.63, 3.8) is 0 Å². The molecule has 0 unspecified atom stereocenters. The molecule has 1 amide bonds. The molecule has 2 aromatic rings. The molecule has 8 nitrogen and oxygen atoms in total. The van der Waals surface area contributed by atoms with Crippen molar-refractivity contribution in [2.24, 2.45) is 0 Å². The summed E-state index contributed by atoms with van der Waals surface area (Å²) in [7, 11) is 0. The van der Waals surface area contributed by atoms with Gasteiger partial charge in [0.25, 0.3) is 5.91 Å². The number of aryl methyl sites for hydroxylation is 2. The molecule has 0 spiro atoms. The number of amides is 1. The molecule has 0 aromatic carbocycles. The Hall–Kier alpha value is -2.90. The van der Waals surface area contributed by atoms with Gasteiger partial charge in [-0.1, -0.05) is 20.8 Å². The van der Waals surface area contributed by atoms with E-state index in [9.17, 15) is 14.7 Å². The van der Waals surface area contributed by atoms with Crippen molar-refractivity contribution < 1.29 is 19.1 Å². The van der Waals surface area contributed by atoms with E-state index in [0.717, 1.165) is 17.3 Å². The first kappa shape index (κ1) is 19.9. The molecular formula is C20H26N4O4. The van der Waals surface area contributed by atoms with Gasteiger partial charge >= 0.3 is 5.97 Å². The zero-order valence-electron chi connectivity index (χ0n) is 16.7. The highest BCUT2D eigenvalue weighted by molar-refractivity contribution is 5.96. The molecule has 3 heterocycles. The number of anilines is 1. The van der Waals surface area contributed by atoms with Crippen LogP contribution in [0, 0.1) is 6.92 Å². The van der Waals surface area contributed by atoms with Crippen molar-refractivity contribution in [3.05, 3.63) is 40.7 Å². The third-order valence-electron chi connectivity index (χ3n) is 4.84. The van der Waals surface area contributed by atoms with Crippen LogP contribution >= 0.6 is 0 Å². The Morgan fingerprint density at radius 1 is 1.18 bits per heavy atom.